The fraction of sp³-hybridized carbons (Fsp3) is 0.667. The van der Waals surface area contributed by atoms with Crippen molar-refractivity contribution in [2.75, 3.05) is 46.6 Å². The molecule has 170 valence electrons. The first kappa shape index (κ1) is 24.1. The number of benzene rings is 1. The van der Waals surface area contributed by atoms with Crippen LogP contribution in [-0.4, -0.2) is 59.2 Å². The Morgan fingerprint density at radius 1 is 1.23 bits per heavy atom. The maximum absolute atomic E-state index is 12.5. The Labute approximate surface area is 177 Å². The summed E-state index contributed by atoms with van der Waals surface area (Å²) in [5, 5.41) is 6.44. The second-order valence-electron chi connectivity index (χ2n) is 6.93. The van der Waals surface area contributed by atoms with E-state index in [4.69, 9.17) is 14.2 Å². The lowest BCUT2D eigenvalue weighted by molar-refractivity contribution is -0.0514. The minimum absolute atomic E-state index is 0.0267. The third-order valence-electron chi connectivity index (χ3n) is 4.66. The van der Waals surface area contributed by atoms with E-state index in [2.05, 4.69) is 20.4 Å². The van der Waals surface area contributed by atoms with Crippen molar-refractivity contribution in [3.8, 4) is 11.5 Å². The number of hydrogen-bond acceptors (Lipinski definition) is 5. The van der Waals surface area contributed by atoms with Crippen molar-refractivity contribution in [3.63, 3.8) is 0 Å². The molecule has 9 heteroatoms. The molecule has 1 aliphatic rings. The van der Waals surface area contributed by atoms with Crippen molar-refractivity contribution in [1.29, 1.82) is 0 Å². The van der Waals surface area contributed by atoms with Gasteiger partial charge in [-0.1, -0.05) is 6.07 Å². The summed E-state index contributed by atoms with van der Waals surface area (Å²) >= 11 is 0. The molecule has 0 spiro atoms. The average molecular weight is 430 g/mol. The van der Waals surface area contributed by atoms with Gasteiger partial charge in [0.15, 0.2) is 17.5 Å². The molecule has 0 saturated carbocycles. The maximum atomic E-state index is 12.5. The number of halogens is 2. The van der Waals surface area contributed by atoms with Gasteiger partial charge >= 0.3 is 6.61 Å². The van der Waals surface area contributed by atoms with Gasteiger partial charge in [-0.05, 0) is 49.8 Å². The van der Waals surface area contributed by atoms with Crippen molar-refractivity contribution in [3.05, 3.63) is 23.8 Å². The Kier molecular flexibility index (Phi) is 11.2. The Morgan fingerprint density at radius 2 is 2.03 bits per heavy atom. The van der Waals surface area contributed by atoms with Gasteiger partial charge in [0.2, 0.25) is 0 Å². The molecule has 0 amide bonds. The number of hydrogen-bond donors (Lipinski definition) is 2. The lowest BCUT2D eigenvalue weighted by Gasteiger charge is -2.21. The molecule has 1 heterocycles. The van der Waals surface area contributed by atoms with Crippen LogP contribution in [0.2, 0.25) is 0 Å². The van der Waals surface area contributed by atoms with Gasteiger partial charge in [0.1, 0.15) is 0 Å². The summed E-state index contributed by atoms with van der Waals surface area (Å²) in [6.45, 7) is 3.63. The molecular weight excluding hydrogens is 396 g/mol. The monoisotopic (exact) mass is 429 g/mol. The number of alkyl halides is 2. The summed E-state index contributed by atoms with van der Waals surface area (Å²) in [6.07, 6.45) is 3.03. The molecule has 0 aliphatic carbocycles. The predicted octanol–water partition coefficient (Wildman–Crippen LogP) is 3.19. The van der Waals surface area contributed by atoms with E-state index in [-0.39, 0.29) is 5.75 Å². The van der Waals surface area contributed by atoms with E-state index in [0.29, 0.717) is 37.4 Å². The highest BCUT2D eigenvalue weighted by Crippen LogP contribution is 2.29. The Balaban J connectivity index is 1.68. The standard InChI is InChI=1S/C21H33F2N3O4/c1-3-29-19-13-17(5-6-18(19)30-20(22)23)14-26-21(24-2)25-9-4-10-28-15-16-7-11-27-12-8-16/h5-6,13,16,20H,3-4,7-12,14-15H2,1-2H3,(H2,24,25,26). The molecule has 2 rings (SSSR count). The highest BCUT2D eigenvalue weighted by Gasteiger charge is 2.14. The van der Waals surface area contributed by atoms with Crippen molar-refractivity contribution < 1.29 is 27.7 Å². The SMILES string of the molecule is CCOc1cc(CNC(=NC)NCCCOCC2CCOCC2)ccc1OC(F)F. The molecule has 1 aromatic rings. The van der Waals surface area contributed by atoms with E-state index in [1.165, 1.54) is 6.07 Å². The van der Waals surface area contributed by atoms with E-state index in [9.17, 15) is 8.78 Å². The first-order chi connectivity index (χ1) is 14.6. The first-order valence-electron chi connectivity index (χ1n) is 10.4. The predicted molar refractivity (Wildman–Crippen MR) is 111 cm³/mol. The summed E-state index contributed by atoms with van der Waals surface area (Å²) in [4.78, 5) is 4.19. The zero-order valence-electron chi connectivity index (χ0n) is 17.8. The van der Waals surface area contributed by atoms with Crippen LogP contribution < -0.4 is 20.1 Å². The van der Waals surface area contributed by atoms with Gasteiger partial charge in [-0.25, -0.2) is 0 Å². The second kappa shape index (κ2) is 14.0. The van der Waals surface area contributed by atoms with Crippen LogP contribution in [-0.2, 0) is 16.0 Å². The van der Waals surface area contributed by atoms with Crippen LogP contribution in [0, 0.1) is 5.92 Å². The van der Waals surface area contributed by atoms with Crippen molar-refractivity contribution in [1.82, 2.24) is 10.6 Å². The van der Waals surface area contributed by atoms with E-state index in [0.717, 1.165) is 51.2 Å². The molecular formula is C21H33F2N3O4. The molecule has 0 radical (unpaired) electrons. The molecule has 0 aromatic heterocycles. The maximum Gasteiger partial charge on any atom is 0.387 e. The Bertz CT molecular complexity index is 641. The molecule has 1 aromatic carbocycles. The summed E-state index contributed by atoms with van der Waals surface area (Å²) in [5.74, 6) is 1.59. The fourth-order valence-electron chi connectivity index (χ4n) is 3.07. The summed E-state index contributed by atoms with van der Waals surface area (Å²) < 4.78 is 46.0. The average Bonchev–Trinajstić information content (AvgIpc) is 2.75. The van der Waals surface area contributed by atoms with Crippen LogP contribution >= 0.6 is 0 Å². The molecule has 2 N–H and O–H groups in total. The van der Waals surface area contributed by atoms with Crippen molar-refractivity contribution in [2.24, 2.45) is 10.9 Å². The molecule has 30 heavy (non-hydrogen) atoms. The quantitative estimate of drug-likeness (QED) is 0.302. The van der Waals surface area contributed by atoms with Crippen molar-refractivity contribution >= 4 is 5.96 Å². The summed E-state index contributed by atoms with van der Waals surface area (Å²) in [5.41, 5.74) is 0.864. The molecule has 7 nitrogen and oxygen atoms in total. The van der Waals surface area contributed by atoms with Gasteiger partial charge in [0.05, 0.1) is 6.61 Å². The zero-order valence-corrected chi connectivity index (χ0v) is 17.8. The van der Waals surface area contributed by atoms with E-state index in [1.807, 2.05) is 0 Å². The molecule has 0 atom stereocenters. The van der Waals surface area contributed by atoms with Gasteiger partial charge in [-0.2, -0.15) is 8.78 Å². The van der Waals surface area contributed by atoms with Gasteiger partial charge in [0.25, 0.3) is 0 Å². The minimum atomic E-state index is -2.89. The van der Waals surface area contributed by atoms with Crippen LogP contribution in [0.15, 0.2) is 23.2 Å². The number of nitrogens with zero attached hydrogens (tertiary/aromatic N) is 1. The Hall–Kier alpha value is -2.13. The molecule has 0 bridgehead atoms. The van der Waals surface area contributed by atoms with Gasteiger partial charge in [0, 0.05) is 46.6 Å². The van der Waals surface area contributed by atoms with Gasteiger partial charge < -0.3 is 29.6 Å². The largest absolute Gasteiger partial charge is 0.490 e. The summed E-state index contributed by atoms with van der Waals surface area (Å²) in [6, 6.07) is 4.89. The van der Waals surface area contributed by atoms with E-state index in [1.54, 1.807) is 26.1 Å². The number of ether oxygens (including phenoxy) is 4. The minimum Gasteiger partial charge on any atom is -0.490 e. The Morgan fingerprint density at radius 3 is 2.73 bits per heavy atom. The number of nitrogens with one attached hydrogen (secondary N) is 2. The van der Waals surface area contributed by atoms with Crippen LogP contribution in [0.25, 0.3) is 0 Å². The third-order valence-corrected chi connectivity index (χ3v) is 4.66. The normalized spacial score (nSPS) is 15.3. The molecule has 1 aliphatic heterocycles. The number of rotatable bonds is 12. The van der Waals surface area contributed by atoms with E-state index < -0.39 is 6.61 Å². The third kappa shape index (κ3) is 9.13. The van der Waals surface area contributed by atoms with Crippen LogP contribution in [0.5, 0.6) is 11.5 Å². The number of guanidine groups is 1. The first-order valence-corrected chi connectivity index (χ1v) is 10.4. The lowest BCUT2D eigenvalue weighted by atomic mass is 10.0. The highest BCUT2D eigenvalue weighted by atomic mass is 19.3. The number of aliphatic imine (C=N–C) groups is 1. The summed E-state index contributed by atoms with van der Waals surface area (Å²) in [7, 11) is 1.70. The topological polar surface area (TPSA) is 73.3 Å². The van der Waals surface area contributed by atoms with Crippen molar-refractivity contribution in [2.45, 2.75) is 39.3 Å². The van der Waals surface area contributed by atoms with Gasteiger partial charge in [-0.3, -0.25) is 4.99 Å². The second-order valence-corrected chi connectivity index (χ2v) is 6.93. The van der Waals surface area contributed by atoms with Gasteiger partial charge in [-0.15, -0.1) is 0 Å². The zero-order chi connectivity index (χ0) is 21.6. The molecule has 1 fully saturated rings. The fourth-order valence-corrected chi connectivity index (χ4v) is 3.07. The molecule has 0 unspecified atom stereocenters. The van der Waals surface area contributed by atoms with Crippen LogP contribution in [0.3, 0.4) is 0 Å². The smallest absolute Gasteiger partial charge is 0.387 e. The van der Waals surface area contributed by atoms with E-state index >= 15 is 0 Å². The molecule has 1 saturated heterocycles. The van der Waals surface area contributed by atoms with Crippen LogP contribution in [0.4, 0.5) is 8.78 Å². The van der Waals surface area contributed by atoms with Crippen LogP contribution in [0.1, 0.15) is 31.7 Å². The lowest BCUT2D eigenvalue weighted by Crippen LogP contribution is -2.37. The highest BCUT2D eigenvalue weighted by molar-refractivity contribution is 5.79.